The molecule has 1 atom stereocenters. The molecule has 1 rings (SSSR count). The van der Waals surface area contributed by atoms with Crippen LogP contribution in [0.4, 0.5) is 4.79 Å². The van der Waals surface area contributed by atoms with Gasteiger partial charge in [-0.05, 0) is 18.4 Å². The summed E-state index contributed by atoms with van der Waals surface area (Å²) < 4.78 is 0. The second kappa shape index (κ2) is 5.87. The zero-order valence-corrected chi connectivity index (χ0v) is 8.85. The zero-order valence-electron chi connectivity index (χ0n) is 8.85. The second-order valence-corrected chi connectivity index (χ2v) is 3.48. The van der Waals surface area contributed by atoms with E-state index < -0.39 is 18.0 Å². The molecule has 0 heterocycles. The van der Waals surface area contributed by atoms with Gasteiger partial charge in [0.15, 0.2) is 0 Å². The molecule has 1 unspecified atom stereocenters. The van der Waals surface area contributed by atoms with Gasteiger partial charge in [-0.25, -0.2) is 4.79 Å². The summed E-state index contributed by atoms with van der Waals surface area (Å²) in [4.78, 5) is 21.7. The summed E-state index contributed by atoms with van der Waals surface area (Å²) in [7, 11) is 0. The minimum absolute atomic E-state index is 0.475. The molecule has 3 amide bonds. The van der Waals surface area contributed by atoms with Crippen molar-refractivity contribution in [3.63, 3.8) is 0 Å². The Labute approximate surface area is 93.8 Å². The van der Waals surface area contributed by atoms with Gasteiger partial charge in [-0.2, -0.15) is 0 Å². The monoisotopic (exact) mass is 221 g/mol. The molecular formula is C11H15N3O2. The van der Waals surface area contributed by atoms with Crippen molar-refractivity contribution in [2.24, 2.45) is 11.5 Å². The van der Waals surface area contributed by atoms with E-state index in [0.717, 1.165) is 5.56 Å². The van der Waals surface area contributed by atoms with Crippen molar-refractivity contribution in [3.8, 4) is 0 Å². The largest absolute Gasteiger partial charge is 0.351 e. The first-order chi connectivity index (χ1) is 7.59. The van der Waals surface area contributed by atoms with Crippen LogP contribution in [0.5, 0.6) is 0 Å². The Bertz CT molecular complexity index is 365. The molecule has 86 valence electrons. The number of urea groups is 1. The molecule has 0 fully saturated rings. The van der Waals surface area contributed by atoms with Crippen LogP contribution in [0.1, 0.15) is 12.0 Å². The quantitative estimate of drug-likeness (QED) is 0.674. The number of primary amides is 1. The molecule has 0 aromatic heterocycles. The van der Waals surface area contributed by atoms with Gasteiger partial charge in [0.1, 0.15) is 0 Å². The highest BCUT2D eigenvalue weighted by molar-refractivity contribution is 5.96. The van der Waals surface area contributed by atoms with Crippen LogP contribution in [0, 0.1) is 0 Å². The lowest BCUT2D eigenvalue weighted by Crippen LogP contribution is -2.45. The molecule has 0 spiro atoms. The van der Waals surface area contributed by atoms with Crippen LogP contribution in [0.3, 0.4) is 0 Å². The number of amides is 3. The van der Waals surface area contributed by atoms with Crippen LogP contribution in [0.25, 0.3) is 0 Å². The Morgan fingerprint density at radius 2 is 1.88 bits per heavy atom. The fourth-order valence-electron chi connectivity index (χ4n) is 1.31. The number of carbonyl (C=O) groups excluding carboxylic acids is 2. The summed E-state index contributed by atoms with van der Waals surface area (Å²) in [6, 6.07) is 8.09. The molecular weight excluding hydrogens is 206 g/mol. The minimum Gasteiger partial charge on any atom is -0.351 e. The minimum atomic E-state index is -0.875. The smallest absolute Gasteiger partial charge is 0.318 e. The number of imide groups is 1. The fraction of sp³-hybridized carbons (Fsp3) is 0.273. The second-order valence-electron chi connectivity index (χ2n) is 3.48. The van der Waals surface area contributed by atoms with Crippen LogP contribution in [-0.2, 0) is 11.2 Å². The fourth-order valence-corrected chi connectivity index (χ4v) is 1.31. The molecule has 5 nitrogen and oxygen atoms in total. The van der Waals surface area contributed by atoms with Crippen molar-refractivity contribution in [2.75, 3.05) is 0 Å². The average molecular weight is 221 g/mol. The first-order valence-electron chi connectivity index (χ1n) is 4.99. The van der Waals surface area contributed by atoms with Crippen molar-refractivity contribution >= 4 is 11.9 Å². The van der Waals surface area contributed by atoms with E-state index in [1.165, 1.54) is 0 Å². The maximum atomic E-state index is 11.2. The van der Waals surface area contributed by atoms with Gasteiger partial charge in [-0.1, -0.05) is 30.3 Å². The summed E-state index contributed by atoms with van der Waals surface area (Å²) in [6.45, 7) is 0. The van der Waals surface area contributed by atoms with Crippen LogP contribution in [-0.4, -0.2) is 18.0 Å². The Kier molecular flexibility index (Phi) is 4.47. The lowest BCUT2D eigenvalue weighted by molar-refractivity contribution is -0.121. The third-order valence-electron chi connectivity index (χ3n) is 2.17. The molecule has 1 aromatic carbocycles. The third-order valence-corrected chi connectivity index (χ3v) is 2.17. The SMILES string of the molecule is NC(=O)NC(=O)C(N)CCc1ccccc1. The summed E-state index contributed by atoms with van der Waals surface area (Å²) in [5.74, 6) is -0.538. The van der Waals surface area contributed by atoms with E-state index >= 15 is 0 Å². The highest BCUT2D eigenvalue weighted by Crippen LogP contribution is 2.03. The summed E-state index contributed by atoms with van der Waals surface area (Å²) in [6.07, 6.45) is 1.16. The molecule has 1 aromatic rings. The number of benzene rings is 1. The number of nitrogens with one attached hydrogen (secondary N) is 1. The highest BCUT2D eigenvalue weighted by Gasteiger charge is 2.14. The van der Waals surface area contributed by atoms with E-state index in [2.05, 4.69) is 0 Å². The molecule has 0 saturated carbocycles. The van der Waals surface area contributed by atoms with Gasteiger partial charge in [0.25, 0.3) is 0 Å². The van der Waals surface area contributed by atoms with Crippen LogP contribution < -0.4 is 16.8 Å². The van der Waals surface area contributed by atoms with Gasteiger partial charge in [0.05, 0.1) is 6.04 Å². The molecule has 16 heavy (non-hydrogen) atoms. The van der Waals surface area contributed by atoms with Crippen LogP contribution in [0.2, 0.25) is 0 Å². The molecule has 0 aliphatic rings. The topological polar surface area (TPSA) is 98.2 Å². The Morgan fingerprint density at radius 3 is 2.44 bits per heavy atom. The van der Waals surface area contributed by atoms with Crippen molar-refractivity contribution in [3.05, 3.63) is 35.9 Å². The average Bonchev–Trinajstić information content (AvgIpc) is 2.26. The zero-order chi connectivity index (χ0) is 12.0. The standard InChI is InChI=1S/C11H15N3O2/c12-9(10(15)14-11(13)16)7-6-8-4-2-1-3-5-8/h1-5,9H,6-7,12H2,(H3,13,14,15,16). The van der Waals surface area contributed by atoms with E-state index in [9.17, 15) is 9.59 Å². The molecule has 0 saturated heterocycles. The van der Waals surface area contributed by atoms with E-state index in [1.54, 1.807) is 0 Å². The Balaban J connectivity index is 2.38. The lowest BCUT2D eigenvalue weighted by Gasteiger charge is -2.09. The lowest BCUT2D eigenvalue weighted by atomic mass is 10.1. The maximum Gasteiger partial charge on any atom is 0.318 e. The van der Waals surface area contributed by atoms with Crippen LogP contribution in [0.15, 0.2) is 30.3 Å². The predicted molar refractivity (Wildman–Crippen MR) is 60.5 cm³/mol. The van der Waals surface area contributed by atoms with Crippen molar-refractivity contribution in [2.45, 2.75) is 18.9 Å². The van der Waals surface area contributed by atoms with Gasteiger partial charge in [0, 0.05) is 0 Å². The van der Waals surface area contributed by atoms with Crippen molar-refractivity contribution < 1.29 is 9.59 Å². The van der Waals surface area contributed by atoms with Gasteiger partial charge in [-0.3, -0.25) is 10.1 Å². The molecule has 0 aliphatic heterocycles. The number of nitrogens with two attached hydrogens (primary N) is 2. The normalized spacial score (nSPS) is 11.8. The van der Waals surface area contributed by atoms with Crippen LogP contribution >= 0.6 is 0 Å². The predicted octanol–water partition coefficient (Wildman–Crippen LogP) is 0.141. The van der Waals surface area contributed by atoms with Crippen molar-refractivity contribution in [1.82, 2.24) is 5.32 Å². The molecule has 0 aliphatic carbocycles. The number of carbonyl (C=O) groups is 2. The first-order valence-corrected chi connectivity index (χ1v) is 4.99. The number of hydrogen-bond acceptors (Lipinski definition) is 3. The van der Waals surface area contributed by atoms with Gasteiger partial charge >= 0.3 is 6.03 Å². The summed E-state index contributed by atoms with van der Waals surface area (Å²) in [5.41, 5.74) is 11.5. The molecule has 0 radical (unpaired) electrons. The molecule has 5 N–H and O–H groups in total. The first kappa shape index (κ1) is 12.2. The summed E-state index contributed by atoms with van der Waals surface area (Å²) >= 11 is 0. The van der Waals surface area contributed by atoms with E-state index in [0.29, 0.717) is 12.8 Å². The Morgan fingerprint density at radius 1 is 1.25 bits per heavy atom. The van der Waals surface area contributed by atoms with Gasteiger partial charge in [0.2, 0.25) is 5.91 Å². The maximum absolute atomic E-state index is 11.2. The molecule has 5 heteroatoms. The van der Waals surface area contributed by atoms with E-state index in [1.807, 2.05) is 35.6 Å². The van der Waals surface area contributed by atoms with Gasteiger partial charge in [-0.15, -0.1) is 0 Å². The van der Waals surface area contributed by atoms with Crippen molar-refractivity contribution in [1.29, 1.82) is 0 Å². The number of aryl methyl sites for hydroxylation is 1. The number of rotatable bonds is 4. The third kappa shape index (κ3) is 4.10. The number of hydrogen-bond donors (Lipinski definition) is 3. The Hall–Kier alpha value is -1.88. The summed E-state index contributed by atoms with van der Waals surface area (Å²) in [5, 5.41) is 1.95. The highest BCUT2D eigenvalue weighted by atomic mass is 16.2. The van der Waals surface area contributed by atoms with E-state index in [-0.39, 0.29) is 0 Å². The van der Waals surface area contributed by atoms with Gasteiger partial charge < -0.3 is 11.5 Å². The molecule has 0 bridgehead atoms. The van der Waals surface area contributed by atoms with E-state index in [4.69, 9.17) is 11.5 Å².